The molecule has 0 unspecified atom stereocenters. The molecule has 0 saturated carbocycles. The molecule has 6 heteroatoms. The van der Waals surface area contributed by atoms with Gasteiger partial charge in [-0.05, 0) is 48.9 Å². The lowest BCUT2D eigenvalue weighted by atomic mass is 10.1. The van der Waals surface area contributed by atoms with Crippen molar-refractivity contribution in [2.24, 2.45) is 4.99 Å². The summed E-state index contributed by atoms with van der Waals surface area (Å²) in [6, 6.07) is 12.8. The van der Waals surface area contributed by atoms with E-state index in [-0.39, 0.29) is 11.6 Å². The van der Waals surface area contributed by atoms with Crippen LogP contribution in [0.25, 0.3) is 6.08 Å². The molecule has 0 amide bonds. The number of rotatable bonds is 5. The molecule has 2 aromatic carbocycles. The Labute approximate surface area is 154 Å². The molecule has 1 heterocycles. The van der Waals surface area contributed by atoms with Crippen molar-refractivity contribution in [3.05, 3.63) is 63.8 Å². The highest BCUT2D eigenvalue weighted by atomic mass is 79.9. The number of methoxy groups -OCH3 is 1. The van der Waals surface area contributed by atoms with Gasteiger partial charge >= 0.3 is 5.97 Å². The summed E-state index contributed by atoms with van der Waals surface area (Å²) in [5.41, 5.74) is 1.74. The van der Waals surface area contributed by atoms with E-state index in [1.54, 1.807) is 25.3 Å². The molecule has 0 radical (unpaired) electrons. The van der Waals surface area contributed by atoms with Crippen LogP contribution in [0.5, 0.6) is 11.5 Å². The van der Waals surface area contributed by atoms with Crippen molar-refractivity contribution in [1.82, 2.24) is 0 Å². The third-order valence-electron chi connectivity index (χ3n) is 3.48. The van der Waals surface area contributed by atoms with E-state index in [0.29, 0.717) is 18.1 Å². The Hall–Kier alpha value is -2.60. The van der Waals surface area contributed by atoms with Gasteiger partial charge in [-0.25, -0.2) is 9.79 Å². The van der Waals surface area contributed by atoms with E-state index >= 15 is 0 Å². The Bertz CT molecular complexity index is 873. The van der Waals surface area contributed by atoms with Crippen LogP contribution in [-0.2, 0) is 9.53 Å². The maximum Gasteiger partial charge on any atom is 0.363 e. The Kier molecular flexibility index (Phi) is 5.19. The van der Waals surface area contributed by atoms with E-state index in [2.05, 4.69) is 20.9 Å². The van der Waals surface area contributed by atoms with Crippen LogP contribution in [0.2, 0.25) is 0 Å². The predicted octanol–water partition coefficient (Wildman–Crippen LogP) is 4.20. The Morgan fingerprint density at radius 2 is 2.04 bits per heavy atom. The smallest absolute Gasteiger partial charge is 0.363 e. The first-order chi connectivity index (χ1) is 12.1. The van der Waals surface area contributed by atoms with Crippen LogP contribution in [0.1, 0.15) is 18.1 Å². The molecule has 0 saturated heterocycles. The number of halogens is 1. The third kappa shape index (κ3) is 3.91. The molecule has 1 aliphatic rings. The SMILES string of the molecule is CCOc1cc(/C=C2/N=C(c3cccc(Br)c3)OC2=O)ccc1OC. The van der Waals surface area contributed by atoms with Gasteiger partial charge in [0.1, 0.15) is 0 Å². The van der Waals surface area contributed by atoms with Gasteiger partial charge in [-0.1, -0.05) is 28.1 Å². The van der Waals surface area contributed by atoms with Crippen molar-refractivity contribution in [2.75, 3.05) is 13.7 Å². The standard InChI is InChI=1S/C19H16BrNO4/c1-3-24-17-10-12(7-8-16(17)23-2)9-15-19(22)25-18(21-15)13-5-4-6-14(20)11-13/h4-11H,3H2,1-2H3/b15-9+. The lowest BCUT2D eigenvalue weighted by Gasteiger charge is -2.09. The number of carbonyl (C=O) groups is 1. The van der Waals surface area contributed by atoms with Gasteiger partial charge in [-0.15, -0.1) is 0 Å². The van der Waals surface area contributed by atoms with Crippen LogP contribution in [-0.4, -0.2) is 25.6 Å². The largest absolute Gasteiger partial charge is 0.493 e. The minimum absolute atomic E-state index is 0.239. The fourth-order valence-electron chi connectivity index (χ4n) is 2.36. The molecule has 0 aliphatic carbocycles. The van der Waals surface area contributed by atoms with Crippen LogP contribution < -0.4 is 9.47 Å². The van der Waals surface area contributed by atoms with Gasteiger partial charge in [0.2, 0.25) is 5.90 Å². The molecule has 5 nitrogen and oxygen atoms in total. The summed E-state index contributed by atoms with van der Waals surface area (Å²) >= 11 is 3.39. The second-order valence-electron chi connectivity index (χ2n) is 5.19. The molecule has 128 valence electrons. The van der Waals surface area contributed by atoms with Gasteiger partial charge in [0.25, 0.3) is 0 Å². The first-order valence-corrected chi connectivity index (χ1v) is 8.49. The molecule has 2 aromatic rings. The number of benzene rings is 2. The highest BCUT2D eigenvalue weighted by Gasteiger charge is 2.24. The number of esters is 1. The molecule has 0 aromatic heterocycles. The van der Waals surface area contributed by atoms with Gasteiger partial charge in [0, 0.05) is 10.0 Å². The molecule has 0 atom stereocenters. The summed E-state index contributed by atoms with van der Waals surface area (Å²) < 4.78 is 17.0. The van der Waals surface area contributed by atoms with Crippen molar-refractivity contribution in [3.63, 3.8) is 0 Å². The summed E-state index contributed by atoms with van der Waals surface area (Å²) in [4.78, 5) is 16.4. The zero-order valence-electron chi connectivity index (χ0n) is 13.8. The number of cyclic esters (lactones) is 1. The van der Waals surface area contributed by atoms with Crippen molar-refractivity contribution in [2.45, 2.75) is 6.92 Å². The van der Waals surface area contributed by atoms with Crippen molar-refractivity contribution < 1.29 is 19.0 Å². The quantitative estimate of drug-likeness (QED) is 0.556. The highest BCUT2D eigenvalue weighted by Crippen LogP contribution is 2.29. The minimum atomic E-state index is -0.483. The van der Waals surface area contributed by atoms with Crippen LogP contribution in [0, 0.1) is 0 Å². The Morgan fingerprint density at radius 3 is 2.76 bits per heavy atom. The summed E-state index contributed by atoms with van der Waals surface area (Å²) in [5, 5.41) is 0. The topological polar surface area (TPSA) is 57.1 Å². The van der Waals surface area contributed by atoms with E-state index in [1.165, 1.54) is 0 Å². The van der Waals surface area contributed by atoms with E-state index < -0.39 is 5.97 Å². The Balaban J connectivity index is 1.93. The lowest BCUT2D eigenvalue weighted by molar-refractivity contribution is -0.129. The molecule has 1 aliphatic heterocycles. The van der Waals surface area contributed by atoms with E-state index in [1.807, 2.05) is 37.3 Å². The second-order valence-corrected chi connectivity index (χ2v) is 6.11. The van der Waals surface area contributed by atoms with Crippen molar-refractivity contribution in [1.29, 1.82) is 0 Å². The normalized spacial score (nSPS) is 15.1. The number of hydrogen-bond donors (Lipinski definition) is 0. The number of ether oxygens (including phenoxy) is 3. The molecule has 0 fully saturated rings. The van der Waals surface area contributed by atoms with Gasteiger partial charge in [-0.3, -0.25) is 0 Å². The predicted molar refractivity (Wildman–Crippen MR) is 98.9 cm³/mol. The Morgan fingerprint density at radius 1 is 1.20 bits per heavy atom. The first-order valence-electron chi connectivity index (χ1n) is 7.70. The van der Waals surface area contributed by atoms with Gasteiger partial charge in [0.15, 0.2) is 17.2 Å². The lowest BCUT2D eigenvalue weighted by Crippen LogP contribution is -2.05. The molecule has 0 N–H and O–H groups in total. The molecule has 3 rings (SSSR count). The maximum atomic E-state index is 12.1. The zero-order chi connectivity index (χ0) is 17.8. The van der Waals surface area contributed by atoms with Crippen LogP contribution in [0.4, 0.5) is 0 Å². The summed E-state index contributed by atoms with van der Waals surface area (Å²) in [6.07, 6.45) is 1.66. The number of hydrogen-bond acceptors (Lipinski definition) is 5. The third-order valence-corrected chi connectivity index (χ3v) is 3.98. The summed E-state index contributed by atoms with van der Waals surface area (Å²) in [6.45, 7) is 2.41. The average molecular weight is 402 g/mol. The summed E-state index contributed by atoms with van der Waals surface area (Å²) in [5.74, 6) is 1.05. The van der Waals surface area contributed by atoms with Crippen LogP contribution >= 0.6 is 15.9 Å². The van der Waals surface area contributed by atoms with Gasteiger partial charge in [-0.2, -0.15) is 0 Å². The monoisotopic (exact) mass is 401 g/mol. The fourth-order valence-corrected chi connectivity index (χ4v) is 2.76. The van der Waals surface area contributed by atoms with E-state index in [0.717, 1.165) is 15.6 Å². The number of aliphatic imine (C=N–C) groups is 1. The molecular weight excluding hydrogens is 386 g/mol. The van der Waals surface area contributed by atoms with E-state index in [9.17, 15) is 4.79 Å². The van der Waals surface area contributed by atoms with Gasteiger partial charge in [0.05, 0.1) is 13.7 Å². The minimum Gasteiger partial charge on any atom is -0.493 e. The molecule has 0 bridgehead atoms. The maximum absolute atomic E-state index is 12.1. The summed E-state index contributed by atoms with van der Waals surface area (Å²) in [7, 11) is 1.58. The van der Waals surface area contributed by atoms with Crippen LogP contribution in [0.15, 0.2) is 57.6 Å². The van der Waals surface area contributed by atoms with Crippen molar-refractivity contribution in [3.8, 4) is 11.5 Å². The van der Waals surface area contributed by atoms with Crippen LogP contribution in [0.3, 0.4) is 0 Å². The zero-order valence-corrected chi connectivity index (χ0v) is 15.4. The molecular formula is C19H16BrNO4. The molecule has 25 heavy (non-hydrogen) atoms. The molecule has 0 spiro atoms. The van der Waals surface area contributed by atoms with E-state index in [4.69, 9.17) is 14.2 Å². The number of nitrogens with zero attached hydrogens (tertiary/aromatic N) is 1. The highest BCUT2D eigenvalue weighted by molar-refractivity contribution is 9.10. The fraction of sp³-hybridized carbons (Fsp3) is 0.158. The average Bonchev–Trinajstić information content (AvgIpc) is 2.96. The second kappa shape index (κ2) is 7.53. The van der Waals surface area contributed by atoms with Crippen molar-refractivity contribution >= 4 is 33.9 Å². The number of carbonyl (C=O) groups excluding carboxylic acids is 1. The first kappa shape index (κ1) is 17.2. The van der Waals surface area contributed by atoms with Gasteiger partial charge < -0.3 is 14.2 Å².